The first-order valence-corrected chi connectivity index (χ1v) is 6.81. The van der Waals surface area contributed by atoms with E-state index in [-0.39, 0.29) is 17.2 Å². The molecule has 1 N–H and O–H groups in total. The molecule has 0 bridgehead atoms. The zero-order valence-electron chi connectivity index (χ0n) is 12.0. The molecule has 1 amide bonds. The van der Waals surface area contributed by atoms with Crippen molar-refractivity contribution in [3.05, 3.63) is 29.6 Å². The maximum atomic E-state index is 13.4. The molecule has 1 saturated heterocycles. The number of aliphatic carboxylic acids is 1. The number of halogens is 1. The van der Waals surface area contributed by atoms with Crippen LogP contribution in [0.25, 0.3) is 0 Å². The molecule has 5 nitrogen and oxygen atoms in total. The minimum atomic E-state index is -1.04. The van der Waals surface area contributed by atoms with E-state index in [4.69, 9.17) is 4.74 Å². The Hall–Kier alpha value is -2.11. The van der Waals surface area contributed by atoms with E-state index >= 15 is 0 Å². The molecule has 0 saturated carbocycles. The van der Waals surface area contributed by atoms with Gasteiger partial charge in [-0.1, -0.05) is 6.92 Å². The first kappa shape index (κ1) is 15.3. The fourth-order valence-electron chi connectivity index (χ4n) is 2.62. The average Bonchev–Trinajstić information content (AvgIpc) is 2.46. The molecule has 2 unspecified atom stereocenters. The van der Waals surface area contributed by atoms with Crippen molar-refractivity contribution < 1.29 is 23.8 Å². The molecule has 1 aromatic rings. The molecule has 6 heteroatoms. The molecule has 0 spiro atoms. The summed E-state index contributed by atoms with van der Waals surface area (Å²) in [5, 5.41) is 9.30. The first-order valence-electron chi connectivity index (χ1n) is 6.81. The summed E-state index contributed by atoms with van der Waals surface area (Å²) < 4.78 is 18.5. The van der Waals surface area contributed by atoms with Crippen molar-refractivity contribution >= 4 is 11.9 Å². The molecule has 1 aromatic carbocycles. The van der Waals surface area contributed by atoms with Crippen molar-refractivity contribution in [3.8, 4) is 5.75 Å². The summed E-state index contributed by atoms with van der Waals surface area (Å²) in [6, 6.07) is 2.76. The Morgan fingerprint density at radius 3 is 2.76 bits per heavy atom. The van der Waals surface area contributed by atoms with Gasteiger partial charge in [-0.15, -0.1) is 0 Å². The number of piperidine rings is 1. The van der Waals surface area contributed by atoms with Gasteiger partial charge in [0.2, 0.25) is 0 Å². The van der Waals surface area contributed by atoms with E-state index in [2.05, 4.69) is 0 Å². The molecular formula is C15H18FNO4. The third-order valence-electron chi connectivity index (χ3n) is 3.80. The van der Waals surface area contributed by atoms with Gasteiger partial charge in [0, 0.05) is 6.54 Å². The molecule has 114 valence electrons. The van der Waals surface area contributed by atoms with Crippen molar-refractivity contribution in [2.75, 3.05) is 13.7 Å². The zero-order chi connectivity index (χ0) is 15.6. The lowest BCUT2D eigenvalue weighted by Crippen LogP contribution is -2.49. The largest absolute Gasteiger partial charge is 0.496 e. The Kier molecular flexibility index (Phi) is 4.45. The van der Waals surface area contributed by atoms with E-state index in [0.29, 0.717) is 13.0 Å². The molecule has 21 heavy (non-hydrogen) atoms. The number of rotatable bonds is 3. The van der Waals surface area contributed by atoms with Gasteiger partial charge in [0.05, 0.1) is 12.7 Å². The van der Waals surface area contributed by atoms with Crippen LogP contribution in [0, 0.1) is 11.7 Å². The highest BCUT2D eigenvalue weighted by molar-refractivity contribution is 5.99. The second-order valence-corrected chi connectivity index (χ2v) is 5.33. The minimum Gasteiger partial charge on any atom is -0.496 e. The van der Waals surface area contributed by atoms with E-state index < -0.39 is 23.7 Å². The van der Waals surface area contributed by atoms with Crippen molar-refractivity contribution in [2.45, 2.75) is 25.8 Å². The second-order valence-electron chi connectivity index (χ2n) is 5.33. The number of hydrogen-bond acceptors (Lipinski definition) is 3. The lowest BCUT2D eigenvalue weighted by Gasteiger charge is -2.36. The van der Waals surface area contributed by atoms with Gasteiger partial charge in [-0.05, 0) is 37.0 Å². The molecule has 0 radical (unpaired) electrons. The van der Waals surface area contributed by atoms with E-state index in [1.54, 1.807) is 0 Å². The topological polar surface area (TPSA) is 66.8 Å². The molecule has 0 aliphatic carbocycles. The summed E-state index contributed by atoms with van der Waals surface area (Å²) in [6.45, 7) is 2.30. The van der Waals surface area contributed by atoms with Crippen LogP contribution in [0.15, 0.2) is 18.2 Å². The maximum absolute atomic E-state index is 13.4. The van der Waals surface area contributed by atoms with E-state index in [1.807, 2.05) is 6.92 Å². The number of amides is 1. The van der Waals surface area contributed by atoms with E-state index in [1.165, 1.54) is 24.1 Å². The van der Waals surface area contributed by atoms with Crippen LogP contribution >= 0.6 is 0 Å². The lowest BCUT2D eigenvalue weighted by molar-refractivity contribution is -0.144. The third-order valence-corrected chi connectivity index (χ3v) is 3.80. The van der Waals surface area contributed by atoms with Crippen molar-refractivity contribution in [1.29, 1.82) is 0 Å². The first-order chi connectivity index (χ1) is 9.93. The molecule has 1 heterocycles. The molecule has 1 fully saturated rings. The van der Waals surface area contributed by atoms with Gasteiger partial charge in [-0.3, -0.25) is 4.79 Å². The fraction of sp³-hybridized carbons (Fsp3) is 0.467. The Balaban J connectivity index is 2.34. The van der Waals surface area contributed by atoms with Crippen LogP contribution in [-0.4, -0.2) is 41.6 Å². The van der Waals surface area contributed by atoms with Gasteiger partial charge in [-0.25, -0.2) is 9.18 Å². The van der Waals surface area contributed by atoms with Gasteiger partial charge in [0.1, 0.15) is 17.6 Å². The summed E-state index contributed by atoms with van der Waals surface area (Å²) in [5.41, 5.74) is 0.0540. The number of nitrogens with zero attached hydrogens (tertiary/aromatic N) is 1. The average molecular weight is 295 g/mol. The van der Waals surface area contributed by atoms with Crippen LogP contribution in [0.5, 0.6) is 5.75 Å². The standard InChI is InChI=1S/C15H18FNO4/c1-9-5-6-17(12(7-9)15(19)20)14(18)11-8-10(16)3-4-13(11)21-2/h3-4,8-9,12H,5-7H2,1-2H3,(H,19,20). The fourth-order valence-corrected chi connectivity index (χ4v) is 2.62. The van der Waals surface area contributed by atoms with Gasteiger partial charge in [0.25, 0.3) is 5.91 Å². The molecular weight excluding hydrogens is 277 g/mol. The van der Waals surface area contributed by atoms with Gasteiger partial charge in [0.15, 0.2) is 0 Å². The smallest absolute Gasteiger partial charge is 0.326 e. The van der Waals surface area contributed by atoms with Crippen molar-refractivity contribution in [3.63, 3.8) is 0 Å². The number of hydrogen-bond donors (Lipinski definition) is 1. The number of likely N-dealkylation sites (tertiary alicyclic amines) is 1. The molecule has 1 aliphatic rings. The number of carbonyl (C=O) groups is 2. The van der Waals surface area contributed by atoms with Crippen LogP contribution in [0.4, 0.5) is 4.39 Å². The number of carboxylic acids is 1. The van der Waals surface area contributed by atoms with Crippen LogP contribution in [0.1, 0.15) is 30.1 Å². The third kappa shape index (κ3) is 3.15. The van der Waals surface area contributed by atoms with E-state index in [0.717, 1.165) is 12.5 Å². The zero-order valence-corrected chi connectivity index (χ0v) is 12.0. The number of ether oxygens (including phenoxy) is 1. The Morgan fingerprint density at radius 2 is 2.14 bits per heavy atom. The van der Waals surface area contributed by atoms with Crippen LogP contribution in [-0.2, 0) is 4.79 Å². The lowest BCUT2D eigenvalue weighted by atomic mass is 9.92. The maximum Gasteiger partial charge on any atom is 0.326 e. The van der Waals surface area contributed by atoms with Gasteiger partial charge >= 0.3 is 5.97 Å². The SMILES string of the molecule is COc1ccc(F)cc1C(=O)N1CCC(C)CC1C(=O)O. The quantitative estimate of drug-likeness (QED) is 0.928. The number of carbonyl (C=O) groups excluding carboxylic acids is 1. The number of carboxylic acid groups (broad SMARTS) is 1. The van der Waals surface area contributed by atoms with Crippen molar-refractivity contribution in [1.82, 2.24) is 4.90 Å². The highest BCUT2D eigenvalue weighted by Crippen LogP contribution is 2.27. The van der Waals surface area contributed by atoms with Crippen molar-refractivity contribution in [2.24, 2.45) is 5.92 Å². The second kappa shape index (κ2) is 6.11. The summed E-state index contributed by atoms with van der Waals surface area (Å²) in [5.74, 6) is -1.62. The monoisotopic (exact) mass is 295 g/mol. The van der Waals surface area contributed by atoms with Crippen LogP contribution < -0.4 is 4.74 Å². The normalized spacial score (nSPS) is 22.0. The van der Waals surface area contributed by atoms with Gasteiger partial charge < -0.3 is 14.7 Å². The van der Waals surface area contributed by atoms with E-state index in [9.17, 15) is 19.1 Å². The highest BCUT2D eigenvalue weighted by atomic mass is 19.1. The highest BCUT2D eigenvalue weighted by Gasteiger charge is 2.36. The predicted octanol–water partition coefficient (Wildman–Crippen LogP) is 2.16. The number of benzene rings is 1. The Morgan fingerprint density at radius 1 is 1.43 bits per heavy atom. The summed E-state index contributed by atoms with van der Waals surface area (Å²) in [7, 11) is 1.39. The van der Waals surface area contributed by atoms with Gasteiger partial charge in [-0.2, -0.15) is 0 Å². The summed E-state index contributed by atoms with van der Waals surface area (Å²) >= 11 is 0. The Bertz CT molecular complexity index is 561. The molecule has 0 aromatic heterocycles. The molecule has 2 atom stereocenters. The van der Waals surface area contributed by atoms with Crippen LogP contribution in [0.3, 0.4) is 0 Å². The Labute approximate surface area is 122 Å². The molecule has 2 rings (SSSR count). The van der Waals surface area contributed by atoms with Crippen LogP contribution in [0.2, 0.25) is 0 Å². The summed E-state index contributed by atoms with van der Waals surface area (Å²) in [6.07, 6.45) is 1.13. The predicted molar refractivity (Wildman–Crippen MR) is 73.8 cm³/mol. The number of methoxy groups -OCH3 is 1. The summed E-state index contributed by atoms with van der Waals surface area (Å²) in [4.78, 5) is 25.2. The minimum absolute atomic E-state index is 0.0540. The molecule has 1 aliphatic heterocycles.